The zero-order chi connectivity index (χ0) is 17.2. The van der Waals surface area contributed by atoms with Gasteiger partial charge < -0.3 is 10.1 Å². The van der Waals surface area contributed by atoms with Gasteiger partial charge in [-0.1, -0.05) is 25.0 Å². The lowest BCUT2D eigenvalue weighted by atomic mass is 10.1. The molecule has 0 spiro atoms. The van der Waals surface area contributed by atoms with Crippen LogP contribution in [0.2, 0.25) is 0 Å². The maximum atomic E-state index is 12.6. The third kappa shape index (κ3) is 3.49. The number of imide groups is 1. The second kappa shape index (κ2) is 7.04. The smallest absolute Gasteiger partial charge is 0.324 e. The van der Waals surface area contributed by atoms with Gasteiger partial charge in [0.15, 0.2) is 0 Å². The second-order valence-electron chi connectivity index (χ2n) is 7.16. The fraction of sp³-hybridized carbons (Fsp3) is 0.579. The van der Waals surface area contributed by atoms with E-state index < -0.39 is 0 Å². The molecule has 2 aliphatic heterocycles. The summed E-state index contributed by atoms with van der Waals surface area (Å²) in [5.41, 5.74) is 2.48. The van der Waals surface area contributed by atoms with Gasteiger partial charge in [0.2, 0.25) is 5.91 Å². The third-order valence-electron chi connectivity index (χ3n) is 5.48. The van der Waals surface area contributed by atoms with Crippen LogP contribution < -0.4 is 10.1 Å². The van der Waals surface area contributed by atoms with E-state index in [0.29, 0.717) is 25.7 Å². The molecule has 0 unspecified atom stereocenters. The van der Waals surface area contributed by atoms with Crippen LogP contribution in [0, 0.1) is 0 Å². The minimum atomic E-state index is -0.258. The van der Waals surface area contributed by atoms with Gasteiger partial charge in [-0.2, -0.15) is 0 Å². The number of rotatable bonds is 5. The van der Waals surface area contributed by atoms with E-state index in [1.54, 1.807) is 0 Å². The number of hydrogen-bond acceptors (Lipinski definition) is 4. The molecular weight excluding hydrogens is 318 g/mol. The van der Waals surface area contributed by atoms with Crippen molar-refractivity contribution in [3.05, 3.63) is 29.3 Å². The molecule has 25 heavy (non-hydrogen) atoms. The van der Waals surface area contributed by atoms with Crippen LogP contribution in [0.5, 0.6) is 5.75 Å². The van der Waals surface area contributed by atoms with Crippen LogP contribution in [0.15, 0.2) is 18.2 Å². The van der Waals surface area contributed by atoms with Gasteiger partial charge >= 0.3 is 6.03 Å². The summed E-state index contributed by atoms with van der Waals surface area (Å²) < 4.78 is 5.58. The molecule has 1 N–H and O–H groups in total. The molecule has 1 saturated carbocycles. The summed E-state index contributed by atoms with van der Waals surface area (Å²) in [5, 5.41) is 2.70. The molecule has 0 bridgehead atoms. The molecule has 2 fully saturated rings. The fourth-order valence-electron chi connectivity index (χ4n) is 4.12. The molecule has 6 nitrogen and oxygen atoms in total. The van der Waals surface area contributed by atoms with E-state index in [1.165, 1.54) is 28.9 Å². The van der Waals surface area contributed by atoms with E-state index in [9.17, 15) is 9.59 Å². The van der Waals surface area contributed by atoms with Gasteiger partial charge in [-0.15, -0.1) is 0 Å². The van der Waals surface area contributed by atoms with Crippen LogP contribution in [0.25, 0.3) is 0 Å². The van der Waals surface area contributed by atoms with E-state index in [4.69, 9.17) is 4.74 Å². The SMILES string of the molecule is O=C(CN(Cc1ccc2c(c1)CCO2)C1CCCC1)N1CCNC1=O. The van der Waals surface area contributed by atoms with Crippen molar-refractivity contribution < 1.29 is 14.3 Å². The predicted molar refractivity (Wildman–Crippen MR) is 93.4 cm³/mol. The number of carbonyl (C=O) groups excluding carboxylic acids is 2. The molecular formula is C19H25N3O3. The molecule has 0 atom stereocenters. The predicted octanol–water partition coefficient (Wildman–Crippen LogP) is 1.92. The highest BCUT2D eigenvalue weighted by molar-refractivity contribution is 5.96. The molecule has 6 heteroatoms. The number of hydrogen-bond donors (Lipinski definition) is 1. The Morgan fingerprint density at radius 3 is 2.92 bits per heavy atom. The summed E-state index contributed by atoms with van der Waals surface area (Å²) in [4.78, 5) is 28.0. The number of ether oxygens (including phenoxy) is 1. The van der Waals surface area contributed by atoms with E-state index >= 15 is 0 Å². The van der Waals surface area contributed by atoms with Crippen LogP contribution in [-0.4, -0.2) is 54.0 Å². The van der Waals surface area contributed by atoms with Crippen LogP contribution in [0.3, 0.4) is 0 Å². The summed E-state index contributed by atoms with van der Waals surface area (Å²) in [6, 6.07) is 6.52. The molecule has 3 aliphatic rings. The van der Waals surface area contributed by atoms with E-state index in [0.717, 1.165) is 38.2 Å². The topological polar surface area (TPSA) is 61.9 Å². The lowest BCUT2D eigenvalue weighted by Crippen LogP contribution is -2.44. The highest BCUT2D eigenvalue weighted by atomic mass is 16.5. The van der Waals surface area contributed by atoms with Crippen molar-refractivity contribution in [1.82, 2.24) is 15.1 Å². The molecule has 4 rings (SSSR count). The number of amides is 3. The van der Waals surface area contributed by atoms with E-state index in [2.05, 4.69) is 22.3 Å². The summed E-state index contributed by atoms with van der Waals surface area (Å²) in [5.74, 6) is 0.896. The maximum Gasteiger partial charge on any atom is 0.324 e. The number of nitrogens with one attached hydrogen (secondary N) is 1. The second-order valence-corrected chi connectivity index (χ2v) is 7.16. The van der Waals surface area contributed by atoms with Gasteiger partial charge in [0.1, 0.15) is 5.75 Å². The Bertz CT molecular complexity index is 670. The first kappa shape index (κ1) is 16.4. The molecule has 1 aliphatic carbocycles. The summed E-state index contributed by atoms with van der Waals surface area (Å²) in [6.07, 6.45) is 5.66. The Morgan fingerprint density at radius 1 is 1.32 bits per heavy atom. The van der Waals surface area contributed by atoms with Crippen LogP contribution >= 0.6 is 0 Å². The highest BCUT2D eigenvalue weighted by Gasteiger charge is 2.30. The lowest BCUT2D eigenvalue weighted by Gasteiger charge is -2.29. The Morgan fingerprint density at radius 2 is 2.16 bits per heavy atom. The molecule has 134 valence electrons. The van der Waals surface area contributed by atoms with Gasteiger partial charge in [-0.3, -0.25) is 14.6 Å². The van der Waals surface area contributed by atoms with Crippen LogP contribution in [0.4, 0.5) is 4.79 Å². The van der Waals surface area contributed by atoms with Crippen molar-refractivity contribution in [2.24, 2.45) is 0 Å². The van der Waals surface area contributed by atoms with Gasteiger partial charge in [-0.25, -0.2) is 4.79 Å². The van der Waals surface area contributed by atoms with Crippen molar-refractivity contribution in [2.75, 3.05) is 26.2 Å². The molecule has 1 aromatic carbocycles. The van der Waals surface area contributed by atoms with Crippen molar-refractivity contribution in [3.63, 3.8) is 0 Å². The molecule has 1 aromatic rings. The molecule has 0 aromatic heterocycles. The number of fused-ring (bicyclic) bond motifs is 1. The third-order valence-corrected chi connectivity index (χ3v) is 5.48. The Kier molecular flexibility index (Phi) is 4.61. The zero-order valence-corrected chi connectivity index (χ0v) is 14.5. The Hall–Kier alpha value is -2.08. The zero-order valence-electron chi connectivity index (χ0n) is 14.5. The van der Waals surface area contributed by atoms with Gasteiger partial charge in [-0.05, 0) is 30.0 Å². The first-order valence-electron chi connectivity index (χ1n) is 9.27. The Labute approximate surface area is 148 Å². The summed E-state index contributed by atoms with van der Waals surface area (Å²) in [7, 11) is 0. The van der Waals surface area contributed by atoms with Gasteiger partial charge in [0.25, 0.3) is 0 Å². The first-order valence-corrected chi connectivity index (χ1v) is 9.27. The average molecular weight is 343 g/mol. The lowest BCUT2D eigenvalue weighted by molar-refractivity contribution is -0.129. The van der Waals surface area contributed by atoms with Gasteiger partial charge in [0.05, 0.1) is 13.2 Å². The fourth-order valence-corrected chi connectivity index (χ4v) is 4.12. The van der Waals surface area contributed by atoms with Crippen molar-refractivity contribution in [2.45, 2.75) is 44.7 Å². The average Bonchev–Trinajstić information content (AvgIpc) is 3.35. The largest absolute Gasteiger partial charge is 0.493 e. The van der Waals surface area contributed by atoms with E-state index in [1.807, 2.05) is 6.07 Å². The Balaban J connectivity index is 1.48. The molecule has 1 saturated heterocycles. The minimum absolute atomic E-state index is 0.0913. The molecule has 0 radical (unpaired) electrons. The maximum absolute atomic E-state index is 12.6. The van der Waals surface area contributed by atoms with Crippen molar-refractivity contribution >= 4 is 11.9 Å². The summed E-state index contributed by atoms with van der Waals surface area (Å²) in [6.45, 7) is 2.85. The number of carbonyl (C=O) groups is 2. The van der Waals surface area contributed by atoms with Crippen LogP contribution in [0.1, 0.15) is 36.8 Å². The van der Waals surface area contributed by atoms with Crippen molar-refractivity contribution in [3.8, 4) is 5.75 Å². The highest BCUT2D eigenvalue weighted by Crippen LogP contribution is 2.29. The van der Waals surface area contributed by atoms with E-state index in [-0.39, 0.29) is 11.9 Å². The number of urea groups is 1. The number of nitrogens with zero attached hydrogens (tertiary/aromatic N) is 2. The number of benzene rings is 1. The van der Waals surface area contributed by atoms with Crippen molar-refractivity contribution in [1.29, 1.82) is 0 Å². The van der Waals surface area contributed by atoms with Gasteiger partial charge in [0, 0.05) is 32.1 Å². The summed E-state index contributed by atoms with van der Waals surface area (Å²) >= 11 is 0. The quantitative estimate of drug-likeness (QED) is 0.887. The first-order chi connectivity index (χ1) is 12.2. The standard InChI is InChI=1S/C19H25N3O3/c23-18(22-9-8-20-19(22)24)13-21(16-3-1-2-4-16)12-14-5-6-17-15(11-14)7-10-25-17/h5-6,11,16H,1-4,7-10,12-13H2,(H,20,24). The molecule has 2 heterocycles. The normalized spacial score (nSPS) is 20.0. The molecule has 3 amide bonds. The van der Waals surface area contributed by atoms with Crippen LogP contribution in [-0.2, 0) is 17.8 Å². The minimum Gasteiger partial charge on any atom is -0.493 e. The monoisotopic (exact) mass is 343 g/mol.